The van der Waals surface area contributed by atoms with Crippen LogP contribution in [-0.2, 0) is 9.53 Å². The van der Waals surface area contributed by atoms with Gasteiger partial charge < -0.3 is 15.4 Å². The predicted molar refractivity (Wildman–Crippen MR) is 98.5 cm³/mol. The summed E-state index contributed by atoms with van der Waals surface area (Å²) in [6.07, 6.45) is 4.17. The molecular formula is C16H33Cl2N3O2. The number of carbonyl (C=O) groups is 1. The fourth-order valence-electron chi connectivity index (χ4n) is 3.56. The highest BCUT2D eigenvalue weighted by Gasteiger charge is 2.26. The molecule has 138 valence electrons. The van der Waals surface area contributed by atoms with Gasteiger partial charge in [0.1, 0.15) is 0 Å². The van der Waals surface area contributed by atoms with Crippen LogP contribution < -0.4 is 5.73 Å². The van der Waals surface area contributed by atoms with Gasteiger partial charge in [-0.05, 0) is 52.5 Å². The molecule has 0 bridgehead atoms. The summed E-state index contributed by atoms with van der Waals surface area (Å²) in [5.74, 6) is 0.847. The van der Waals surface area contributed by atoms with Crippen molar-refractivity contribution in [3.05, 3.63) is 0 Å². The average Bonchev–Trinajstić information content (AvgIpc) is 2.44. The number of piperidine rings is 1. The lowest BCUT2D eigenvalue weighted by molar-refractivity contribution is -0.133. The first-order chi connectivity index (χ1) is 9.95. The second-order valence-electron chi connectivity index (χ2n) is 6.86. The van der Waals surface area contributed by atoms with Gasteiger partial charge in [0.2, 0.25) is 5.91 Å². The minimum atomic E-state index is -0.363. The Morgan fingerprint density at radius 1 is 1.17 bits per heavy atom. The summed E-state index contributed by atoms with van der Waals surface area (Å²) < 4.78 is 5.77. The zero-order valence-corrected chi connectivity index (χ0v) is 16.2. The molecule has 2 N–H and O–H groups in total. The summed E-state index contributed by atoms with van der Waals surface area (Å²) in [7, 11) is 0. The Labute approximate surface area is 153 Å². The highest BCUT2D eigenvalue weighted by Crippen LogP contribution is 2.22. The summed E-state index contributed by atoms with van der Waals surface area (Å²) in [5, 5.41) is 0. The molecule has 2 aliphatic rings. The highest BCUT2D eigenvalue weighted by molar-refractivity contribution is 5.85. The summed E-state index contributed by atoms with van der Waals surface area (Å²) in [6.45, 7) is 11.1. The third-order valence-corrected chi connectivity index (χ3v) is 4.66. The van der Waals surface area contributed by atoms with Crippen LogP contribution in [0.15, 0.2) is 0 Å². The van der Waals surface area contributed by atoms with Gasteiger partial charge >= 0.3 is 0 Å². The normalized spacial score (nSPS) is 27.7. The Balaban J connectivity index is 0.00000242. The van der Waals surface area contributed by atoms with Crippen LogP contribution in [0.3, 0.4) is 0 Å². The van der Waals surface area contributed by atoms with Crippen molar-refractivity contribution in [2.45, 2.75) is 58.3 Å². The molecule has 2 heterocycles. The third kappa shape index (κ3) is 7.14. The standard InChI is InChI=1S/C16H31N3O2.2ClH/c1-12-10-18(11-13(2)21-12)7-4-15-5-8-19(9-6-15)16(20)14(3)17;;/h12-15H,4-11,17H2,1-3H3;2*1H/t12?,13?,14-;;/m1../s1. The van der Waals surface area contributed by atoms with Crippen molar-refractivity contribution in [1.82, 2.24) is 9.80 Å². The van der Waals surface area contributed by atoms with Gasteiger partial charge in [0.05, 0.1) is 18.2 Å². The van der Waals surface area contributed by atoms with Crippen LogP contribution in [0.2, 0.25) is 0 Å². The number of amides is 1. The van der Waals surface area contributed by atoms with E-state index in [2.05, 4.69) is 18.7 Å². The van der Waals surface area contributed by atoms with Crippen molar-refractivity contribution in [3.8, 4) is 0 Å². The molecule has 0 saturated carbocycles. The second kappa shape index (κ2) is 10.7. The number of halogens is 2. The number of morpholine rings is 1. The first-order valence-corrected chi connectivity index (χ1v) is 8.38. The van der Waals surface area contributed by atoms with E-state index in [-0.39, 0.29) is 36.8 Å². The van der Waals surface area contributed by atoms with E-state index in [0.29, 0.717) is 12.2 Å². The van der Waals surface area contributed by atoms with Crippen molar-refractivity contribution in [3.63, 3.8) is 0 Å². The predicted octanol–water partition coefficient (Wildman–Crippen LogP) is 1.92. The number of nitrogens with two attached hydrogens (primary N) is 1. The Hall–Kier alpha value is -0.0700. The summed E-state index contributed by atoms with van der Waals surface area (Å²) in [6, 6.07) is -0.363. The van der Waals surface area contributed by atoms with Crippen LogP contribution in [0.4, 0.5) is 0 Å². The molecule has 0 aromatic carbocycles. The number of rotatable bonds is 4. The van der Waals surface area contributed by atoms with Gasteiger partial charge in [-0.25, -0.2) is 0 Å². The Morgan fingerprint density at radius 3 is 2.17 bits per heavy atom. The van der Waals surface area contributed by atoms with Gasteiger partial charge in [0.25, 0.3) is 0 Å². The minimum Gasteiger partial charge on any atom is -0.373 e. The lowest BCUT2D eigenvalue weighted by Gasteiger charge is -2.37. The molecule has 0 aromatic rings. The van der Waals surface area contributed by atoms with Crippen molar-refractivity contribution in [2.24, 2.45) is 11.7 Å². The van der Waals surface area contributed by atoms with Gasteiger partial charge in [-0.3, -0.25) is 9.69 Å². The Kier molecular flexibility index (Phi) is 10.7. The maximum absolute atomic E-state index is 11.9. The molecule has 7 heteroatoms. The quantitative estimate of drug-likeness (QED) is 0.822. The zero-order valence-electron chi connectivity index (χ0n) is 14.6. The van der Waals surface area contributed by atoms with E-state index in [1.54, 1.807) is 6.92 Å². The molecule has 3 atom stereocenters. The number of nitrogens with zero attached hydrogens (tertiary/aromatic N) is 2. The van der Waals surface area contributed by atoms with Gasteiger partial charge in [-0.15, -0.1) is 24.8 Å². The lowest BCUT2D eigenvalue weighted by atomic mass is 9.93. The second-order valence-corrected chi connectivity index (χ2v) is 6.86. The highest BCUT2D eigenvalue weighted by atomic mass is 35.5. The molecule has 0 spiro atoms. The van der Waals surface area contributed by atoms with Gasteiger partial charge in [0.15, 0.2) is 0 Å². The first kappa shape index (κ1) is 22.9. The maximum Gasteiger partial charge on any atom is 0.239 e. The largest absolute Gasteiger partial charge is 0.373 e. The Bertz CT molecular complexity index is 340. The Morgan fingerprint density at radius 2 is 1.70 bits per heavy atom. The molecule has 2 aliphatic heterocycles. The van der Waals surface area contributed by atoms with Crippen LogP contribution in [0, 0.1) is 5.92 Å². The van der Waals surface area contributed by atoms with Gasteiger partial charge in [0, 0.05) is 26.2 Å². The van der Waals surface area contributed by atoms with E-state index in [9.17, 15) is 4.79 Å². The number of hydrogen-bond acceptors (Lipinski definition) is 4. The monoisotopic (exact) mass is 369 g/mol. The van der Waals surface area contributed by atoms with Gasteiger partial charge in [-0.2, -0.15) is 0 Å². The van der Waals surface area contributed by atoms with E-state index in [4.69, 9.17) is 10.5 Å². The maximum atomic E-state index is 11.9. The fourth-order valence-corrected chi connectivity index (χ4v) is 3.56. The molecule has 2 fully saturated rings. The van der Waals surface area contributed by atoms with E-state index >= 15 is 0 Å². The lowest BCUT2D eigenvalue weighted by Crippen LogP contribution is -2.47. The number of likely N-dealkylation sites (tertiary alicyclic amines) is 1. The first-order valence-electron chi connectivity index (χ1n) is 8.38. The molecule has 2 unspecified atom stereocenters. The van der Waals surface area contributed by atoms with Crippen LogP contribution >= 0.6 is 24.8 Å². The van der Waals surface area contributed by atoms with Crippen molar-refractivity contribution >= 4 is 30.7 Å². The van der Waals surface area contributed by atoms with Crippen LogP contribution in [0.5, 0.6) is 0 Å². The van der Waals surface area contributed by atoms with E-state index in [1.165, 1.54) is 6.42 Å². The van der Waals surface area contributed by atoms with Crippen LogP contribution in [0.25, 0.3) is 0 Å². The molecule has 2 saturated heterocycles. The van der Waals surface area contributed by atoms with Gasteiger partial charge in [-0.1, -0.05) is 0 Å². The number of ether oxygens (including phenoxy) is 1. The van der Waals surface area contributed by atoms with Crippen molar-refractivity contribution in [1.29, 1.82) is 0 Å². The number of carbonyl (C=O) groups excluding carboxylic acids is 1. The fraction of sp³-hybridized carbons (Fsp3) is 0.938. The molecule has 5 nitrogen and oxygen atoms in total. The summed E-state index contributed by atoms with van der Waals surface area (Å²) in [5.41, 5.74) is 5.67. The van der Waals surface area contributed by atoms with E-state index in [0.717, 1.165) is 51.5 Å². The molecular weight excluding hydrogens is 337 g/mol. The topological polar surface area (TPSA) is 58.8 Å². The van der Waals surface area contributed by atoms with Crippen LogP contribution in [0.1, 0.15) is 40.0 Å². The molecule has 1 amide bonds. The van der Waals surface area contributed by atoms with Crippen molar-refractivity contribution < 1.29 is 9.53 Å². The van der Waals surface area contributed by atoms with Crippen molar-refractivity contribution in [2.75, 3.05) is 32.7 Å². The molecule has 0 aromatic heterocycles. The van der Waals surface area contributed by atoms with E-state index in [1.807, 2.05) is 4.90 Å². The summed E-state index contributed by atoms with van der Waals surface area (Å²) in [4.78, 5) is 16.3. The summed E-state index contributed by atoms with van der Waals surface area (Å²) >= 11 is 0. The zero-order chi connectivity index (χ0) is 15.4. The number of hydrogen-bond donors (Lipinski definition) is 1. The molecule has 0 aliphatic carbocycles. The molecule has 2 rings (SSSR count). The average molecular weight is 370 g/mol. The third-order valence-electron chi connectivity index (χ3n) is 4.66. The van der Waals surface area contributed by atoms with Crippen LogP contribution in [-0.4, -0.2) is 66.7 Å². The molecule has 23 heavy (non-hydrogen) atoms. The molecule has 0 radical (unpaired) electrons. The minimum absolute atomic E-state index is 0. The SMILES string of the molecule is CC1CN(CCC2CCN(C(=O)[C@@H](C)N)CC2)CC(C)O1.Cl.Cl. The smallest absolute Gasteiger partial charge is 0.239 e. The van der Waals surface area contributed by atoms with E-state index < -0.39 is 0 Å².